The van der Waals surface area contributed by atoms with Gasteiger partial charge < -0.3 is 10.2 Å². The van der Waals surface area contributed by atoms with E-state index < -0.39 is 10.0 Å². The van der Waals surface area contributed by atoms with Crippen LogP contribution in [0.15, 0.2) is 23.1 Å². The average Bonchev–Trinajstić information content (AvgIpc) is 3.13. The maximum Gasteiger partial charge on any atom is 0.275 e. The molecule has 0 aromatic heterocycles. The Balaban J connectivity index is 1.50. The van der Waals surface area contributed by atoms with Gasteiger partial charge in [0, 0.05) is 6.54 Å². The average molecular weight is 395 g/mol. The summed E-state index contributed by atoms with van der Waals surface area (Å²) in [6, 6.07) is 5.59. The topological polar surface area (TPSA) is 70.9 Å². The molecule has 1 fully saturated rings. The monoisotopic (exact) mass is 394 g/mol. The van der Waals surface area contributed by atoms with Crippen LogP contribution in [-0.4, -0.2) is 57.9 Å². The minimum Gasteiger partial charge on any atom is -0.351 e. The van der Waals surface area contributed by atoms with Gasteiger partial charge in [0.2, 0.25) is 10.0 Å². The van der Waals surface area contributed by atoms with Crippen molar-refractivity contribution in [3.8, 4) is 0 Å². The molecule has 0 atom stereocenters. The lowest BCUT2D eigenvalue weighted by molar-refractivity contribution is -0.895. The van der Waals surface area contributed by atoms with Crippen molar-refractivity contribution in [3.05, 3.63) is 29.3 Å². The van der Waals surface area contributed by atoms with Crippen LogP contribution in [0.2, 0.25) is 0 Å². The normalized spacial score (nSPS) is 18.4. The highest BCUT2D eigenvalue weighted by Gasteiger charge is 2.31. The number of aryl methyl sites for hydroxylation is 2. The summed E-state index contributed by atoms with van der Waals surface area (Å²) in [4.78, 5) is 13.6. The van der Waals surface area contributed by atoms with Crippen LogP contribution in [-0.2, 0) is 27.7 Å². The highest BCUT2D eigenvalue weighted by molar-refractivity contribution is 7.89. The summed E-state index contributed by atoms with van der Waals surface area (Å²) in [7, 11) is -3.44. The molecule has 27 heavy (non-hydrogen) atoms. The maximum absolute atomic E-state index is 13.0. The van der Waals surface area contributed by atoms with Gasteiger partial charge in [-0.2, -0.15) is 4.31 Å². The van der Waals surface area contributed by atoms with Crippen molar-refractivity contribution in [2.45, 2.75) is 50.3 Å². The number of quaternary nitrogens is 1. The van der Waals surface area contributed by atoms with E-state index in [0.29, 0.717) is 37.6 Å². The number of amides is 1. The molecule has 6 nitrogen and oxygen atoms in total. The zero-order valence-electron chi connectivity index (χ0n) is 16.3. The summed E-state index contributed by atoms with van der Waals surface area (Å²) in [6.07, 6.45) is 6.43. The molecule has 1 aromatic rings. The number of piperazine rings is 1. The number of nitrogens with zero attached hydrogens (tertiary/aromatic N) is 1. The number of nitrogens with one attached hydrogen (secondary N) is 2. The number of fused-ring (bicyclic) bond motifs is 1. The van der Waals surface area contributed by atoms with Crippen LogP contribution in [0.1, 0.15) is 43.7 Å². The molecule has 1 amide bonds. The molecule has 2 aliphatic rings. The predicted molar refractivity (Wildman–Crippen MR) is 105 cm³/mol. The predicted octanol–water partition coefficient (Wildman–Crippen LogP) is 0.371. The number of hydrogen-bond donors (Lipinski definition) is 2. The van der Waals surface area contributed by atoms with Gasteiger partial charge in [-0.05, 0) is 48.9 Å². The summed E-state index contributed by atoms with van der Waals surface area (Å²) in [5.41, 5.74) is 2.47. The number of rotatable bonds is 8. The van der Waals surface area contributed by atoms with Crippen LogP contribution in [0.5, 0.6) is 0 Å². The lowest BCUT2D eigenvalue weighted by Crippen LogP contribution is -3.15. The van der Waals surface area contributed by atoms with Crippen LogP contribution in [0.25, 0.3) is 0 Å². The van der Waals surface area contributed by atoms with Crippen LogP contribution in [0, 0.1) is 0 Å². The Morgan fingerprint density at radius 1 is 1.15 bits per heavy atom. The number of carbonyl (C=O) groups is 1. The van der Waals surface area contributed by atoms with Gasteiger partial charge in [-0.15, -0.1) is 0 Å². The van der Waals surface area contributed by atoms with Crippen molar-refractivity contribution in [2.24, 2.45) is 0 Å². The molecule has 0 spiro atoms. The van der Waals surface area contributed by atoms with Gasteiger partial charge in [-0.1, -0.05) is 25.8 Å². The second-order valence-electron chi connectivity index (χ2n) is 7.67. The fourth-order valence-corrected chi connectivity index (χ4v) is 5.46. The molecule has 0 bridgehead atoms. The Morgan fingerprint density at radius 2 is 1.89 bits per heavy atom. The van der Waals surface area contributed by atoms with Crippen molar-refractivity contribution < 1.29 is 18.1 Å². The van der Waals surface area contributed by atoms with E-state index in [4.69, 9.17) is 0 Å². The summed E-state index contributed by atoms with van der Waals surface area (Å²) in [6.45, 7) is 5.59. The molecule has 3 rings (SSSR count). The number of benzene rings is 1. The Bertz CT molecular complexity index is 756. The zero-order valence-corrected chi connectivity index (χ0v) is 17.1. The molecule has 1 heterocycles. The van der Waals surface area contributed by atoms with Gasteiger partial charge in [0.15, 0.2) is 6.54 Å². The smallest absolute Gasteiger partial charge is 0.275 e. The third-order valence-corrected chi connectivity index (χ3v) is 7.54. The van der Waals surface area contributed by atoms with Crippen molar-refractivity contribution in [1.29, 1.82) is 0 Å². The van der Waals surface area contributed by atoms with E-state index in [9.17, 15) is 13.2 Å². The summed E-state index contributed by atoms with van der Waals surface area (Å²) >= 11 is 0. The molecule has 1 saturated heterocycles. The van der Waals surface area contributed by atoms with E-state index in [1.807, 2.05) is 12.1 Å². The first kappa shape index (κ1) is 20.3. The molecule has 0 saturated carbocycles. The first-order chi connectivity index (χ1) is 13.0. The first-order valence-electron chi connectivity index (χ1n) is 10.2. The Morgan fingerprint density at radius 3 is 2.63 bits per heavy atom. The SMILES string of the molecule is CCCCCNC(=O)C[NH+]1CCN(S(=O)(=O)c2ccc3c(c2)CCC3)CC1. The number of unbranched alkanes of at least 4 members (excludes halogenated alkanes) is 2. The standard InChI is InChI=1S/C20H31N3O3S/c1-2-3-4-10-21-20(24)16-22-11-13-23(14-12-22)27(25,26)19-9-8-17-6-5-7-18(17)15-19/h8-9,15H,2-7,10-14,16H2,1H3,(H,21,24)/p+1. The number of carbonyl (C=O) groups excluding carboxylic acids is 1. The third-order valence-electron chi connectivity index (χ3n) is 5.65. The number of hydrogen-bond acceptors (Lipinski definition) is 3. The summed E-state index contributed by atoms with van der Waals surface area (Å²) in [5.74, 6) is 0.0658. The quantitative estimate of drug-likeness (QED) is 0.626. The molecule has 150 valence electrons. The van der Waals surface area contributed by atoms with Gasteiger partial charge in [0.1, 0.15) is 0 Å². The molecule has 7 heteroatoms. The Kier molecular flexibility index (Phi) is 6.89. The fourth-order valence-electron chi connectivity index (χ4n) is 3.97. The summed E-state index contributed by atoms with van der Waals surface area (Å²) < 4.78 is 27.5. The van der Waals surface area contributed by atoms with Crippen molar-refractivity contribution in [1.82, 2.24) is 9.62 Å². The summed E-state index contributed by atoms with van der Waals surface area (Å²) in [5, 5.41) is 2.96. The highest BCUT2D eigenvalue weighted by Crippen LogP contribution is 2.26. The molecule has 1 aromatic carbocycles. The van der Waals surface area contributed by atoms with Crippen molar-refractivity contribution in [2.75, 3.05) is 39.3 Å². The van der Waals surface area contributed by atoms with E-state index in [-0.39, 0.29) is 5.91 Å². The largest absolute Gasteiger partial charge is 0.351 e. The Hall–Kier alpha value is -1.44. The maximum atomic E-state index is 13.0. The molecule has 2 N–H and O–H groups in total. The van der Waals surface area contributed by atoms with Gasteiger partial charge in [0.05, 0.1) is 31.1 Å². The van der Waals surface area contributed by atoms with Crippen LogP contribution >= 0.6 is 0 Å². The lowest BCUT2D eigenvalue weighted by Gasteiger charge is -2.31. The van der Waals surface area contributed by atoms with Crippen molar-refractivity contribution in [3.63, 3.8) is 0 Å². The first-order valence-corrected chi connectivity index (χ1v) is 11.7. The molecular formula is C20H32N3O3S+. The van der Waals surface area contributed by atoms with E-state index in [0.717, 1.165) is 50.0 Å². The third kappa shape index (κ3) is 5.09. The van der Waals surface area contributed by atoms with Crippen molar-refractivity contribution >= 4 is 15.9 Å². The highest BCUT2D eigenvalue weighted by atomic mass is 32.2. The van der Waals surface area contributed by atoms with Crippen LogP contribution in [0.4, 0.5) is 0 Å². The van der Waals surface area contributed by atoms with Gasteiger partial charge in [0.25, 0.3) is 5.91 Å². The molecule has 0 radical (unpaired) electrons. The zero-order chi connectivity index (χ0) is 19.3. The number of sulfonamides is 1. The van der Waals surface area contributed by atoms with E-state index in [2.05, 4.69) is 12.2 Å². The molecule has 1 aliphatic carbocycles. The van der Waals surface area contributed by atoms with Crippen LogP contribution < -0.4 is 10.2 Å². The van der Waals surface area contributed by atoms with E-state index >= 15 is 0 Å². The second-order valence-corrected chi connectivity index (χ2v) is 9.61. The fraction of sp³-hybridized carbons (Fsp3) is 0.650. The van der Waals surface area contributed by atoms with Crippen LogP contribution in [0.3, 0.4) is 0 Å². The minimum absolute atomic E-state index is 0.0658. The van der Waals surface area contributed by atoms with Gasteiger partial charge >= 0.3 is 0 Å². The van der Waals surface area contributed by atoms with Gasteiger partial charge in [-0.25, -0.2) is 8.42 Å². The van der Waals surface area contributed by atoms with E-state index in [1.165, 1.54) is 11.1 Å². The molecular weight excluding hydrogens is 362 g/mol. The van der Waals surface area contributed by atoms with E-state index in [1.54, 1.807) is 10.4 Å². The second kappa shape index (κ2) is 9.17. The Labute approximate surface area is 163 Å². The lowest BCUT2D eigenvalue weighted by atomic mass is 10.1. The minimum atomic E-state index is -3.44. The molecule has 0 unspecified atom stereocenters. The molecule has 1 aliphatic heterocycles. The van der Waals surface area contributed by atoms with Gasteiger partial charge in [-0.3, -0.25) is 4.79 Å².